The highest BCUT2D eigenvalue weighted by molar-refractivity contribution is 6.18. The Morgan fingerprint density at radius 2 is 2.13 bits per heavy atom. The lowest BCUT2D eigenvalue weighted by Gasteiger charge is -2.27. The van der Waals surface area contributed by atoms with Gasteiger partial charge in [0.2, 0.25) is 0 Å². The fraction of sp³-hybridized carbons (Fsp3) is 0.636. The van der Waals surface area contributed by atoms with Gasteiger partial charge in [-0.2, -0.15) is 0 Å². The van der Waals surface area contributed by atoms with Crippen LogP contribution in [0.2, 0.25) is 0 Å². The zero-order valence-electron chi connectivity index (χ0n) is 9.49. The monoisotopic (exact) mass is 212 g/mol. The Hall–Kier alpha value is -1.32. The first kappa shape index (κ1) is 11.8. The number of ether oxygens (including phenoxy) is 2. The lowest BCUT2D eigenvalue weighted by Crippen LogP contribution is -2.32. The Labute approximate surface area is 89.2 Å². The van der Waals surface area contributed by atoms with Crippen molar-refractivity contribution in [1.29, 1.82) is 0 Å². The molecule has 1 rings (SSSR count). The minimum absolute atomic E-state index is 0.0504. The lowest BCUT2D eigenvalue weighted by molar-refractivity contribution is -0.139. The van der Waals surface area contributed by atoms with Crippen molar-refractivity contribution in [1.82, 2.24) is 0 Å². The number of ketones is 1. The van der Waals surface area contributed by atoms with Gasteiger partial charge >= 0.3 is 5.97 Å². The van der Waals surface area contributed by atoms with Gasteiger partial charge in [0, 0.05) is 6.42 Å². The van der Waals surface area contributed by atoms with Crippen molar-refractivity contribution < 1.29 is 19.1 Å². The second-order valence-electron chi connectivity index (χ2n) is 3.95. The molecule has 0 bridgehead atoms. The molecule has 0 fully saturated rings. The highest BCUT2D eigenvalue weighted by atomic mass is 16.5. The van der Waals surface area contributed by atoms with Gasteiger partial charge in [-0.05, 0) is 12.8 Å². The van der Waals surface area contributed by atoms with Crippen LogP contribution in [0.3, 0.4) is 0 Å². The van der Waals surface area contributed by atoms with Crippen LogP contribution >= 0.6 is 0 Å². The standard InChI is InChI=1S/C11H16O4/c1-6(2)9-5-8(12)10(7(3)15-9)11(13)14-4/h6,9H,5H2,1-4H3/t9-/m0/s1. The molecule has 4 nitrogen and oxygen atoms in total. The second-order valence-corrected chi connectivity index (χ2v) is 3.95. The lowest BCUT2D eigenvalue weighted by atomic mass is 9.95. The Morgan fingerprint density at radius 3 is 2.53 bits per heavy atom. The molecule has 84 valence electrons. The molecule has 0 unspecified atom stereocenters. The van der Waals surface area contributed by atoms with Crippen molar-refractivity contribution in [3.8, 4) is 0 Å². The van der Waals surface area contributed by atoms with E-state index in [4.69, 9.17) is 4.74 Å². The molecule has 0 N–H and O–H groups in total. The first-order valence-electron chi connectivity index (χ1n) is 4.96. The van der Waals surface area contributed by atoms with Gasteiger partial charge in [0.05, 0.1) is 7.11 Å². The summed E-state index contributed by atoms with van der Waals surface area (Å²) in [4.78, 5) is 23.0. The smallest absolute Gasteiger partial charge is 0.344 e. The average Bonchev–Trinajstić information content (AvgIpc) is 2.16. The van der Waals surface area contributed by atoms with Gasteiger partial charge < -0.3 is 9.47 Å². The molecule has 15 heavy (non-hydrogen) atoms. The largest absolute Gasteiger partial charge is 0.493 e. The van der Waals surface area contributed by atoms with Crippen molar-refractivity contribution >= 4 is 11.8 Å². The molecule has 0 aliphatic carbocycles. The summed E-state index contributed by atoms with van der Waals surface area (Å²) in [5.74, 6) is -0.177. The minimum atomic E-state index is -0.611. The summed E-state index contributed by atoms with van der Waals surface area (Å²) in [6.07, 6.45) is 0.116. The summed E-state index contributed by atoms with van der Waals surface area (Å²) in [6, 6.07) is 0. The van der Waals surface area contributed by atoms with E-state index in [1.807, 2.05) is 13.8 Å². The molecule has 0 aromatic rings. The van der Waals surface area contributed by atoms with Crippen LogP contribution in [0.25, 0.3) is 0 Å². The Kier molecular flexibility index (Phi) is 3.50. The molecule has 0 aromatic carbocycles. The van der Waals surface area contributed by atoms with Gasteiger partial charge in [-0.15, -0.1) is 0 Å². The van der Waals surface area contributed by atoms with Crippen LogP contribution in [0.4, 0.5) is 0 Å². The molecule has 1 aliphatic heterocycles. The number of hydrogen-bond acceptors (Lipinski definition) is 4. The summed E-state index contributed by atoms with van der Waals surface area (Å²) in [7, 11) is 1.25. The fourth-order valence-electron chi connectivity index (χ4n) is 1.54. The maximum atomic E-state index is 11.7. The molecule has 0 saturated heterocycles. The van der Waals surface area contributed by atoms with Crippen LogP contribution in [0.15, 0.2) is 11.3 Å². The Balaban J connectivity index is 2.94. The molecular weight excluding hydrogens is 196 g/mol. The third kappa shape index (κ3) is 2.37. The summed E-state index contributed by atoms with van der Waals surface area (Å²) in [6.45, 7) is 5.58. The number of allylic oxidation sites excluding steroid dienone is 1. The molecule has 1 heterocycles. The zero-order valence-corrected chi connectivity index (χ0v) is 9.49. The van der Waals surface area contributed by atoms with Crippen LogP contribution in [-0.2, 0) is 19.1 Å². The topological polar surface area (TPSA) is 52.6 Å². The molecule has 0 radical (unpaired) electrons. The van der Waals surface area contributed by atoms with E-state index < -0.39 is 5.97 Å². The van der Waals surface area contributed by atoms with Crippen LogP contribution in [0.5, 0.6) is 0 Å². The first-order valence-corrected chi connectivity index (χ1v) is 4.96. The second kappa shape index (κ2) is 4.47. The molecule has 1 aliphatic rings. The summed E-state index contributed by atoms with van der Waals surface area (Å²) in [5.41, 5.74) is 0.0504. The van der Waals surface area contributed by atoms with Gasteiger partial charge in [-0.25, -0.2) is 4.79 Å². The number of methoxy groups -OCH3 is 1. The van der Waals surface area contributed by atoms with Gasteiger partial charge in [0.1, 0.15) is 17.4 Å². The van der Waals surface area contributed by atoms with Crippen molar-refractivity contribution in [3.05, 3.63) is 11.3 Å². The number of rotatable bonds is 2. The first-order chi connectivity index (χ1) is 6.97. The third-order valence-corrected chi connectivity index (χ3v) is 2.48. The van der Waals surface area contributed by atoms with Crippen LogP contribution in [0.1, 0.15) is 27.2 Å². The average molecular weight is 212 g/mol. The van der Waals surface area contributed by atoms with E-state index in [1.54, 1.807) is 6.92 Å². The molecule has 0 saturated carbocycles. The van der Waals surface area contributed by atoms with Gasteiger partial charge in [-0.1, -0.05) is 13.8 Å². The Morgan fingerprint density at radius 1 is 1.53 bits per heavy atom. The van der Waals surface area contributed by atoms with Gasteiger partial charge in [0.25, 0.3) is 0 Å². The van der Waals surface area contributed by atoms with E-state index in [-0.39, 0.29) is 29.8 Å². The minimum Gasteiger partial charge on any atom is -0.493 e. The fourth-order valence-corrected chi connectivity index (χ4v) is 1.54. The normalized spacial score (nSPS) is 21.7. The van der Waals surface area contributed by atoms with Crippen molar-refractivity contribution in [2.45, 2.75) is 33.3 Å². The third-order valence-electron chi connectivity index (χ3n) is 2.48. The van der Waals surface area contributed by atoms with Crippen molar-refractivity contribution in [2.75, 3.05) is 7.11 Å². The van der Waals surface area contributed by atoms with Crippen LogP contribution < -0.4 is 0 Å². The number of carbonyl (C=O) groups is 2. The highest BCUT2D eigenvalue weighted by Crippen LogP contribution is 2.25. The Bertz CT molecular complexity index is 315. The number of hydrogen-bond donors (Lipinski definition) is 0. The van der Waals surface area contributed by atoms with E-state index in [2.05, 4.69) is 4.74 Å². The maximum absolute atomic E-state index is 11.7. The SMILES string of the molecule is COC(=O)C1=C(C)O[C@H](C(C)C)CC1=O. The molecule has 0 spiro atoms. The summed E-state index contributed by atoms with van der Waals surface area (Å²) < 4.78 is 10.0. The van der Waals surface area contributed by atoms with Gasteiger partial charge in [-0.3, -0.25) is 4.79 Å². The predicted octanol–water partition coefficient (Wildman–Crippen LogP) is 1.45. The maximum Gasteiger partial charge on any atom is 0.344 e. The van der Waals surface area contributed by atoms with E-state index in [0.29, 0.717) is 5.76 Å². The summed E-state index contributed by atoms with van der Waals surface area (Å²) >= 11 is 0. The highest BCUT2D eigenvalue weighted by Gasteiger charge is 2.33. The van der Waals surface area contributed by atoms with Crippen LogP contribution in [-0.4, -0.2) is 25.0 Å². The predicted molar refractivity (Wildman–Crippen MR) is 54.1 cm³/mol. The molecular formula is C11H16O4. The zero-order chi connectivity index (χ0) is 11.6. The van der Waals surface area contributed by atoms with Crippen LogP contribution in [0, 0.1) is 5.92 Å². The van der Waals surface area contributed by atoms with Crippen molar-refractivity contribution in [3.63, 3.8) is 0 Å². The molecule has 0 aromatic heterocycles. The van der Waals surface area contributed by atoms with E-state index in [1.165, 1.54) is 7.11 Å². The van der Waals surface area contributed by atoms with E-state index >= 15 is 0 Å². The number of esters is 1. The van der Waals surface area contributed by atoms with E-state index in [9.17, 15) is 9.59 Å². The molecule has 0 amide bonds. The van der Waals surface area contributed by atoms with Gasteiger partial charge in [0.15, 0.2) is 5.78 Å². The molecule has 1 atom stereocenters. The van der Waals surface area contributed by atoms with Crippen molar-refractivity contribution in [2.24, 2.45) is 5.92 Å². The van der Waals surface area contributed by atoms with E-state index in [0.717, 1.165) is 0 Å². The quantitative estimate of drug-likeness (QED) is 0.513. The number of Topliss-reactive ketones (excluding diaryl/α,β-unsaturated/α-hetero) is 1. The summed E-state index contributed by atoms with van der Waals surface area (Å²) in [5, 5.41) is 0. The molecule has 4 heteroatoms. The number of carbonyl (C=O) groups excluding carboxylic acids is 2.